The molecule has 0 bridgehead atoms. The molecule has 13 heavy (non-hydrogen) atoms. The molecule has 0 spiro atoms. The van der Waals surface area contributed by atoms with E-state index < -0.39 is 0 Å². The van der Waals surface area contributed by atoms with Crippen LogP contribution in [0.5, 0.6) is 0 Å². The van der Waals surface area contributed by atoms with E-state index in [9.17, 15) is 0 Å². The molecule has 0 saturated carbocycles. The summed E-state index contributed by atoms with van der Waals surface area (Å²) >= 11 is 0. The van der Waals surface area contributed by atoms with Gasteiger partial charge in [-0.3, -0.25) is 0 Å². The summed E-state index contributed by atoms with van der Waals surface area (Å²) in [7, 11) is 0. The fourth-order valence-corrected chi connectivity index (χ4v) is 0.872. The second kappa shape index (κ2) is 17.7. The van der Waals surface area contributed by atoms with Gasteiger partial charge in [-0.25, -0.2) is 0 Å². The predicted molar refractivity (Wildman–Crippen MR) is 60.9 cm³/mol. The van der Waals surface area contributed by atoms with Crippen molar-refractivity contribution in [3.8, 4) is 0 Å². The Morgan fingerprint density at radius 3 is 1.69 bits per heavy atom. The van der Waals surface area contributed by atoms with Crippen molar-refractivity contribution in [1.82, 2.24) is 0 Å². The fourth-order valence-electron chi connectivity index (χ4n) is 0.872. The van der Waals surface area contributed by atoms with Gasteiger partial charge in [0.1, 0.15) is 0 Å². The summed E-state index contributed by atoms with van der Waals surface area (Å²) in [6, 6.07) is 0. The largest absolute Gasteiger partial charge is 0.396 e. The Morgan fingerprint density at radius 1 is 0.846 bits per heavy atom. The number of hydrogen-bond acceptors (Lipinski definition) is 1. The van der Waals surface area contributed by atoms with Crippen molar-refractivity contribution >= 4 is 0 Å². The molecule has 0 heterocycles. The first-order valence-electron chi connectivity index (χ1n) is 5.59. The third kappa shape index (κ3) is 24.5. The Balaban J connectivity index is 0. The summed E-state index contributed by atoms with van der Waals surface area (Å²) in [5, 5.41) is 8.29. The van der Waals surface area contributed by atoms with E-state index in [1.807, 2.05) is 0 Å². The highest BCUT2D eigenvalue weighted by Crippen LogP contribution is 1.96. The molecule has 80 valence electrons. The van der Waals surface area contributed by atoms with E-state index in [4.69, 9.17) is 5.11 Å². The predicted octanol–water partition coefficient (Wildman–Crippen LogP) is 3.92. The second-order valence-electron chi connectivity index (χ2n) is 3.07. The van der Waals surface area contributed by atoms with Crippen molar-refractivity contribution in [3.63, 3.8) is 0 Å². The van der Waals surface area contributed by atoms with Crippen molar-refractivity contribution in [3.05, 3.63) is 12.2 Å². The van der Waals surface area contributed by atoms with E-state index >= 15 is 0 Å². The first-order valence-corrected chi connectivity index (χ1v) is 5.59. The minimum atomic E-state index is 0.361. The zero-order valence-electron chi connectivity index (χ0n) is 9.55. The van der Waals surface area contributed by atoms with Crippen molar-refractivity contribution in [2.45, 2.75) is 59.3 Å². The molecule has 0 radical (unpaired) electrons. The summed E-state index contributed by atoms with van der Waals surface area (Å²) < 4.78 is 0. The summed E-state index contributed by atoms with van der Waals surface area (Å²) in [6.07, 6.45) is 11.4. The van der Waals surface area contributed by atoms with Gasteiger partial charge in [0.15, 0.2) is 0 Å². The molecule has 0 fully saturated rings. The molecular formula is C12H26O. The Kier molecular flexibility index (Phi) is 20.7. The third-order valence-corrected chi connectivity index (χ3v) is 1.65. The van der Waals surface area contributed by atoms with Crippen LogP contribution in [-0.4, -0.2) is 11.7 Å². The van der Waals surface area contributed by atoms with Crippen LogP contribution in [-0.2, 0) is 0 Å². The van der Waals surface area contributed by atoms with Gasteiger partial charge in [-0.2, -0.15) is 0 Å². The van der Waals surface area contributed by atoms with Crippen LogP contribution in [0.1, 0.15) is 59.3 Å². The lowest BCUT2D eigenvalue weighted by Gasteiger charge is -1.90. The maximum absolute atomic E-state index is 8.29. The molecule has 1 heteroatoms. The zero-order chi connectivity index (χ0) is 10.4. The highest BCUT2D eigenvalue weighted by atomic mass is 16.2. The lowest BCUT2D eigenvalue weighted by atomic mass is 10.2. The molecule has 0 aliphatic heterocycles. The molecule has 0 atom stereocenters. The van der Waals surface area contributed by atoms with Gasteiger partial charge in [0.25, 0.3) is 0 Å². The van der Waals surface area contributed by atoms with Gasteiger partial charge < -0.3 is 5.11 Å². The van der Waals surface area contributed by atoms with Crippen molar-refractivity contribution in [2.24, 2.45) is 0 Å². The summed E-state index contributed by atoms with van der Waals surface area (Å²) in [5.41, 5.74) is 0. The smallest absolute Gasteiger partial charge is 0.0431 e. The number of allylic oxidation sites excluding steroid dienone is 2. The lowest BCUT2D eigenvalue weighted by Crippen LogP contribution is -1.80. The molecule has 0 aliphatic rings. The van der Waals surface area contributed by atoms with E-state index in [1.165, 1.54) is 32.1 Å². The topological polar surface area (TPSA) is 20.2 Å². The van der Waals surface area contributed by atoms with E-state index in [0.29, 0.717) is 6.61 Å². The van der Waals surface area contributed by atoms with Gasteiger partial charge in [0.2, 0.25) is 0 Å². The molecule has 0 aromatic heterocycles. The van der Waals surface area contributed by atoms with Crippen LogP contribution in [0.2, 0.25) is 0 Å². The monoisotopic (exact) mass is 186 g/mol. The van der Waals surface area contributed by atoms with Gasteiger partial charge in [0, 0.05) is 6.61 Å². The Morgan fingerprint density at radius 2 is 1.38 bits per heavy atom. The number of aliphatic hydroxyl groups excluding tert-OH is 1. The quantitative estimate of drug-likeness (QED) is 0.492. The van der Waals surface area contributed by atoms with E-state index in [2.05, 4.69) is 32.9 Å². The number of unbranched alkanes of at least 4 members (excludes halogenated alkanes) is 3. The highest BCUT2D eigenvalue weighted by Gasteiger charge is 1.80. The lowest BCUT2D eigenvalue weighted by molar-refractivity contribution is 0.283. The van der Waals surface area contributed by atoms with Crippen LogP contribution < -0.4 is 0 Å². The molecule has 0 aromatic carbocycles. The first kappa shape index (κ1) is 15.2. The van der Waals surface area contributed by atoms with Crippen LogP contribution in [0.4, 0.5) is 0 Å². The molecule has 0 aromatic rings. The molecule has 1 nitrogen and oxygen atoms in total. The number of rotatable bonds is 6. The van der Waals surface area contributed by atoms with Gasteiger partial charge in [-0.05, 0) is 19.3 Å². The summed E-state index contributed by atoms with van der Waals surface area (Å²) in [4.78, 5) is 0. The Hall–Kier alpha value is -0.300. The minimum Gasteiger partial charge on any atom is -0.396 e. The maximum Gasteiger partial charge on any atom is 0.0431 e. The average Bonchev–Trinajstić information content (AvgIpc) is 2.17. The highest BCUT2D eigenvalue weighted by molar-refractivity contribution is 4.77. The average molecular weight is 186 g/mol. The molecular weight excluding hydrogens is 160 g/mol. The zero-order valence-corrected chi connectivity index (χ0v) is 9.55. The molecule has 0 saturated heterocycles. The van der Waals surface area contributed by atoms with Crippen LogP contribution in [0.3, 0.4) is 0 Å². The van der Waals surface area contributed by atoms with Gasteiger partial charge in [0.05, 0.1) is 0 Å². The minimum absolute atomic E-state index is 0.361. The van der Waals surface area contributed by atoms with Crippen LogP contribution in [0, 0.1) is 0 Å². The molecule has 0 unspecified atom stereocenters. The van der Waals surface area contributed by atoms with E-state index in [0.717, 1.165) is 6.42 Å². The van der Waals surface area contributed by atoms with Gasteiger partial charge in [-0.1, -0.05) is 52.2 Å². The van der Waals surface area contributed by atoms with Gasteiger partial charge >= 0.3 is 0 Å². The van der Waals surface area contributed by atoms with Gasteiger partial charge in [-0.15, -0.1) is 0 Å². The van der Waals surface area contributed by atoms with E-state index in [-0.39, 0.29) is 0 Å². The van der Waals surface area contributed by atoms with Crippen LogP contribution >= 0.6 is 0 Å². The van der Waals surface area contributed by atoms with Crippen molar-refractivity contribution < 1.29 is 5.11 Å². The first-order chi connectivity index (χ1) is 6.33. The summed E-state index contributed by atoms with van der Waals surface area (Å²) in [5.74, 6) is 0. The van der Waals surface area contributed by atoms with E-state index in [1.54, 1.807) is 0 Å². The third-order valence-electron chi connectivity index (χ3n) is 1.65. The maximum atomic E-state index is 8.29. The molecule has 0 aliphatic carbocycles. The molecule has 1 N–H and O–H groups in total. The van der Waals surface area contributed by atoms with Crippen LogP contribution in [0.15, 0.2) is 12.2 Å². The van der Waals surface area contributed by atoms with Crippen molar-refractivity contribution in [1.29, 1.82) is 0 Å². The second-order valence-corrected chi connectivity index (χ2v) is 3.07. The standard InChI is InChI=1S/C6H14O.C6H12/c1-2-3-4-5-6-7;1-3-5-6-4-2/h7H,2-6H2,1H3;5-6H,3-4H2,1-2H3. The molecule has 0 rings (SSSR count). The fraction of sp³-hybridized carbons (Fsp3) is 0.833. The van der Waals surface area contributed by atoms with Crippen LogP contribution in [0.25, 0.3) is 0 Å². The summed E-state index contributed by atoms with van der Waals surface area (Å²) in [6.45, 7) is 6.82. The Labute approximate surface area is 83.9 Å². The SMILES string of the molecule is CCC=CCC.CCCCCCO. The number of hydrogen-bond donors (Lipinski definition) is 1. The molecule has 0 amide bonds. The van der Waals surface area contributed by atoms with Crippen molar-refractivity contribution in [2.75, 3.05) is 6.61 Å². The number of aliphatic hydroxyl groups is 1. The normalized spacial score (nSPS) is 9.85. The Bertz CT molecular complexity index is 77.1.